The van der Waals surface area contributed by atoms with Gasteiger partial charge in [0.05, 0.1) is 0 Å². The Kier molecular flexibility index (Phi) is 2.48. The number of aliphatic carboxylic acids is 1. The number of phenols is 3. The molecule has 14 heavy (non-hydrogen) atoms. The van der Waals surface area contributed by atoms with Crippen LogP contribution in [0.15, 0.2) is 12.1 Å². The van der Waals surface area contributed by atoms with Crippen LogP contribution in [0.5, 0.6) is 17.2 Å². The molecule has 0 heterocycles. The topological polar surface area (TPSA) is 124 Å². The van der Waals surface area contributed by atoms with Gasteiger partial charge in [0.2, 0.25) is 0 Å². The number of carboxylic acids is 1. The van der Waals surface area contributed by atoms with E-state index < -0.39 is 29.3 Å². The highest BCUT2D eigenvalue weighted by Crippen LogP contribution is 2.36. The lowest BCUT2D eigenvalue weighted by Gasteiger charge is -2.08. The van der Waals surface area contributed by atoms with Crippen molar-refractivity contribution >= 4 is 5.97 Å². The summed E-state index contributed by atoms with van der Waals surface area (Å²) in [6.45, 7) is 0. The molecule has 6 nitrogen and oxygen atoms in total. The molecule has 1 aromatic rings. The molecule has 0 fully saturated rings. The fourth-order valence-corrected chi connectivity index (χ4v) is 0.947. The second-order valence-electron chi connectivity index (χ2n) is 2.72. The van der Waals surface area contributed by atoms with E-state index in [4.69, 9.17) is 26.2 Å². The van der Waals surface area contributed by atoms with Crippen molar-refractivity contribution in [2.75, 3.05) is 0 Å². The van der Waals surface area contributed by atoms with Gasteiger partial charge in [-0.15, -0.1) is 0 Å². The highest BCUT2D eigenvalue weighted by Gasteiger charge is 2.18. The zero-order valence-corrected chi connectivity index (χ0v) is 7.01. The van der Waals surface area contributed by atoms with Gasteiger partial charge < -0.3 is 26.2 Å². The SMILES string of the molecule is NC(C(=O)O)c1cc(O)c(O)c(O)c1. The molecule has 0 aliphatic rings. The van der Waals surface area contributed by atoms with E-state index in [1.807, 2.05) is 0 Å². The third-order valence-electron chi connectivity index (χ3n) is 1.72. The predicted octanol–water partition coefficient (Wildman–Crippen LogP) is -0.112. The number of carbonyl (C=O) groups is 1. The lowest BCUT2D eigenvalue weighted by Crippen LogP contribution is -2.20. The lowest BCUT2D eigenvalue weighted by molar-refractivity contribution is -0.138. The van der Waals surface area contributed by atoms with Crippen molar-refractivity contribution in [2.24, 2.45) is 5.73 Å². The van der Waals surface area contributed by atoms with Gasteiger partial charge in [-0.05, 0) is 17.7 Å². The van der Waals surface area contributed by atoms with Crippen molar-refractivity contribution in [2.45, 2.75) is 6.04 Å². The second kappa shape index (κ2) is 3.43. The fourth-order valence-electron chi connectivity index (χ4n) is 0.947. The first-order valence-electron chi connectivity index (χ1n) is 3.66. The Morgan fingerprint density at radius 3 is 2.00 bits per heavy atom. The van der Waals surface area contributed by atoms with Crippen LogP contribution in [0.2, 0.25) is 0 Å². The smallest absolute Gasteiger partial charge is 0.325 e. The summed E-state index contributed by atoms with van der Waals surface area (Å²) in [7, 11) is 0. The zero-order chi connectivity index (χ0) is 10.9. The Morgan fingerprint density at radius 1 is 1.21 bits per heavy atom. The largest absolute Gasteiger partial charge is 0.504 e. The van der Waals surface area contributed by atoms with Crippen molar-refractivity contribution < 1.29 is 25.2 Å². The number of carboxylic acid groups (broad SMARTS) is 1. The molecular formula is C8H9NO5. The van der Waals surface area contributed by atoms with Crippen molar-refractivity contribution in [1.29, 1.82) is 0 Å². The molecule has 0 radical (unpaired) electrons. The van der Waals surface area contributed by atoms with Crippen LogP contribution < -0.4 is 5.73 Å². The summed E-state index contributed by atoms with van der Waals surface area (Å²) >= 11 is 0. The lowest BCUT2D eigenvalue weighted by atomic mass is 10.1. The highest BCUT2D eigenvalue weighted by molar-refractivity contribution is 5.76. The van der Waals surface area contributed by atoms with E-state index in [2.05, 4.69) is 0 Å². The molecule has 0 spiro atoms. The Morgan fingerprint density at radius 2 is 1.64 bits per heavy atom. The molecule has 76 valence electrons. The molecule has 6 heteroatoms. The molecule has 1 aromatic carbocycles. The third kappa shape index (κ3) is 1.69. The minimum absolute atomic E-state index is 0.00491. The molecule has 6 N–H and O–H groups in total. The number of aromatic hydroxyl groups is 3. The van der Waals surface area contributed by atoms with Crippen molar-refractivity contribution in [3.8, 4) is 17.2 Å². The van der Waals surface area contributed by atoms with Gasteiger partial charge in [0.15, 0.2) is 17.2 Å². The molecule has 1 unspecified atom stereocenters. The average Bonchev–Trinajstić information content (AvgIpc) is 2.12. The molecule has 0 bridgehead atoms. The molecule has 1 rings (SSSR count). The maximum atomic E-state index is 10.5. The predicted molar refractivity (Wildman–Crippen MR) is 46.0 cm³/mol. The van der Waals surface area contributed by atoms with Gasteiger partial charge >= 0.3 is 5.97 Å². The summed E-state index contributed by atoms with van der Waals surface area (Å²) in [4.78, 5) is 10.5. The minimum atomic E-state index is -1.35. The zero-order valence-electron chi connectivity index (χ0n) is 7.01. The Hall–Kier alpha value is -1.95. The fraction of sp³-hybridized carbons (Fsp3) is 0.125. The maximum absolute atomic E-state index is 10.5. The number of hydrogen-bond donors (Lipinski definition) is 5. The van der Waals surface area contributed by atoms with Crippen LogP contribution in [-0.2, 0) is 4.79 Å². The van der Waals surface area contributed by atoms with E-state index >= 15 is 0 Å². The van der Waals surface area contributed by atoms with E-state index in [0.717, 1.165) is 12.1 Å². The first kappa shape index (κ1) is 10.1. The van der Waals surface area contributed by atoms with Crippen LogP contribution in [-0.4, -0.2) is 26.4 Å². The number of benzene rings is 1. The Labute approximate surface area is 78.8 Å². The number of nitrogens with two attached hydrogens (primary N) is 1. The first-order chi connectivity index (χ1) is 6.43. The first-order valence-corrected chi connectivity index (χ1v) is 3.66. The van der Waals surface area contributed by atoms with E-state index in [-0.39, 0.29) is 5.56 Å². The number of rotatable bonds is 2. The van der Waals surface area contributed by atoms with Gasteiger partial charge in [0.25, 0.3) is 0 Å². The molecule has 0 aliphatic heterocycles. The molecule has 0 saturated heterocycles. The standard InChI is InChI=1S/C8H9NO5/c9-6(8(13)14)3-1-4(10)7(12)5(11)2-3/h1-2,6,10-12H,9H2,(H,13,14). The molecular weight excluding hydrogens is 190 g/mol. The number of phenolic OH excluding ortho intramolecular Hbond substituents is 3. The summed E-state index contributed by atoms with van der Waals surface area (Å²) in [5.41, 5.74) is 5.23. The normalized spacial score (nSPS) is 12.4. The Balaban J connectivity index is 3.19. The second-order valence-corrected chi connectivity index (χ2v) is 2.72. The molecule has 1 atom stereocenters. The van der Waals surface area contributed by atoms with Gasteiger partial charge in [-0.3, -0.25) is 4.79 Å². The summed E-state index contributed by atoms with van der Waals surface area (Å²) < 4.78 is 0. The molecule has 0 amide bonds. The monoisotopic (exact) mass is 199 g/mol. The van der Waals surface area contributed by atoms with Gasteiger partial charge in [-0.25, -0.2) is 0 Å². The summed E-state index contributed by atoms with van der Waals surface area (Å²) in [6, 6.07) is 0.606. The van der Waals surface area contributed by atoms with Crippen LogP contribution in [0.4, 0.5) is 0 Å². The van der Waals surface area contributed by atoms with Gasteiger partial charge in [0, 0.05) is 0 Å². The van der Waals surface area contributed by atoms with Crippen LogP contribution in [0.25, 0.3) is 0 Å². The van der Waals surface area contributed by atoms with Crippen LogP contribution >= 0.6 is 0 Å². The van der Waals surface area contributed by atoms with E-state index in [1.165, 1.54) is 0 Å². The van der Waals surface area contributed by atoms with E-state index in [1.54, 1.807) is 0 Å². The van der Waals surface area contributed by atoms with Crippen LogP contribution in [0.1, 0.15) is 11.6 Å². The van der Waals surface area contributed by atoms with E-state index in [0.29, 0.717) is 0 Å². The van der Waals surface area contributed by atoms with Gasteiger partial charge in [-0.1, -0.05) is 0 Å². The highest BCUT2D eigenvalue weighted by atomic mass is 16.4. The van der Waals surface area contributed by atoms with Crippen molar-refractivity contribution in [3.63, 3.8) is 0 Å². The van der Waals surface area contributed by atoms with Crippen molar-refractivity contribution in [3.05, 3.63) is 17.7 Å². The Bertz CT molecular complexity index is 353. The summed E-state index contributed by atoms with van der Waals surface area (Å²) in [5.74, 6) is -3.23. The van der Waals surface area contributed by atoms with E-state index in [9.17, 15) is 4.79 Å². The average molecular weight is 199 g/mol. The molecule has 0 saturated carbocycles. The van der Waals surface area contributed by atoms with Crippen molar-refractivity contribution in [1.82, 2.24) is 0 Å². The maximum Gasteiger partial charge on any atom is 0.325 e. The van der Waals surface area contributed by atoms with Gasteiger partial charge in [-0.2, -0.15) is 0 Å². The van der Waals surface area contributed by atoms with Gasteiger partial charge in [0.1, 0.15) is 6.04 Å². The molecule has 0 aliphatic carbocycles. The van der Waals surface area contributed by atoms with Crippen LogP contribution in [0, 0.1) is 0 Å². The summed E-state index contributed by atoms with van der Waals surface area (Å²) in [5, 5.41) is 35.6. The quantitative estimate of drug-likeness (QED) is 0.423. The summed E-state index contributed by atoms with van der Waals surface area (Å²) in [6.07, 6.45) is 0. The minimum Gasteiger partial charge on any atom is -0.504 e. The third-order valence-corrected chi connectivity index (χ3v) is 1.72. The number of hydrogen-bond acceptors (Lipinski definition) is 5. The van der Waals surface area contributed by atoms with Crippen LogP contribution in [0.3, 0.4) is 0 Å². The molecule has 0 aromatic heterocycles.